The first-order chi connectivity index (χ1) is 17.8. The summed E-state index contributed by atoms with van der Waals surface area (Å²) in [6.45, 7) is 4.20. The van der Waals surface area contributed by atoms with E-state index in [0.717, 1.165) is 40.9 Å². The molecule has 2 saturated heterocycles. The number of rotatable bonds is 7. The van der Waals surface area contributed by atoms with Crippen molar-refractivity contribution >= 4 is 27.8 Å². The second-order valence-electron chi connectivity index (χ2n) is 10.5. The fraction of sp³-hybridized carbons (Fsp3) is 0.345. The van der Waals surface area contributed by atoms with Gasteiger partial charge in [-0.15, -0.1) is 0 Å². The maximum atomic E-state index is 13.5. The molecule has 3 atom stereocenters. The zero-order valence-electron chi connectivity index (χ0n) is 20.8. The molecule has 192 valence electrons. The second kappa shape index (κ2) is 9.04. The van der Waals surface area contributed by atoms with Gasteiger partial charge in [0.05, 0.1) is 0 Å². The fourth-order valence-corrected chi connectivity index (χ4v) is 8.39. The van der Waals surface area contributed by atoms with Crippen molar-refractivity contribution in [2.75, 3.05) is 31.5 Å². The number of benzene rings is 3. The monoisotopic (exact) mass is 518 g/mol. The molecule has 0 radical (unpaired) electrons. The van der Waals surface area contributed by atoms with Gasteiger partial charge in [0.1, 0.15) is 5.82 Å². The van der Waals surface area contributed by atoms with Gasteiger partial charge in [0.2, 0.25) is 0 Å². The Kier molecular flexibility index (Phi) is 5.93. The molecule has 2 aliphatic heterocycles. The Morgan fingerprint density at radius 3 is 2.41 bits per heavy atom. The van der Waals surface area contributed by atoms with Gasteiger partial charge >= 0.3 is 0 Å². The topological polar surface area (TPSA) is 76.5 Å². The molecule has 1 saturated carbocycles. The predicted octanol–water partition coefficient (Wildman–Crippen LogP) is 5.18. The third-order valence-corrected chi connectivity index (χ3v) is 10.3. The first-order valence-electron chi connectivity index (χ1n) is 12.8. The zero-order valence-corrected chi connectivity index (χ0v) is 21.6. The van der Waals surface area contributed by atoms with Gasteiger partial charge in [-0.3, -0.25) is 0 Å². The molecule has 3 aliphatic rings. The molecule has 0 bridgehead atoms. The molecule has 3 fully saturated rings. The van der Waals surface area contributed by atoms with E-state index >= 15 is 0 Å². The molecular formula is C29H31FN4O2S. The van der Waals surface area contributed by atoms with E-state index in [1.807, 2.05) is 24.3 Å². The molecule has 0 spiro atoms. The minimum atomic E-state index is -3.49. The number of fused-ring (bicyclic) bond motifs is 1. The van der Waals surface area contributed by atoms with Crippen molar-refractivity contribution < 1.29 is 12.8 Å². The molecule has 2 heterocycles. The van der Waals surface area contributed by atoms with Crippen LogP contribution in [0, 0.1) is 24.1 Å². The standard InChI is InChI=1S/C29H31FN4O2S/c1-20-15-27(32-24-11-9-23(30)10-12-24)22(17-31)16-25(20)29-19-34(37(35,36)33-13-5-6-14-33)18-26(29)28(29)21-7-3-2-4-8-21/h2-4,7-12,15-17,26,28,31-32H,5-6,13-14,18-19H2,1H3/t26-,28-,29+/m1/s1. The molecule has 1 aliphatic carbocycles. The van der Waals surface area contributed by atoms with E-state index in [2.05, 4.69) is 30.4 Å². The minimum absolute atomic E-state index is 0.181. The summed E-state index contributed by atoms with van der Waals surface area (Å²) in [6.07, 6.45) is 3.16. The Hall–Kier alpha value is -3.07. The van der Waals surface area contributed by atoms with Crippen LogP contribution in [0.3, 0.4) is 0 Å². The van der Waals surface area contributed by atoms with Crippen LogP contribution in [-0.2, 0) is 15.6 Å². The van der Waals surface area contributed by atoms with Crippen LogP contribution in [0.25, 0.3) is 0 Å². The molecule has 3 aromatic rings. The number of anilines is 2. The van der Waals surface area contributed by atoms with Gasteiger partial charge in [0, 0.05) is 60.7 Å². The molecule has 0 amide bonds. The average molecular weight is 519 g/mol. The lowest BCUT2D eigenvalue weighted by Gasteiger charge is -2.29. The summed E-state index contributed by atoms with van der Waals surface area (Å²) in [6, 6.07) is 20.6. The highest BCUT2D eigenvalue weighted by atomic mass is 32.2. The third kappa shape index (κ3) is 3.98. The maximum Gasteiger partial charge on any atom is 0.282 e. The number of aryl methyl sites for hydroxylation is 1. The van der Waals surface area contributed by atoms with E-state index < -0.39 is 10.2 Å². The number of halogens is 1. The van der Waals surface area contributed by atoms with Gasteiger partial charge in [0.25, 0.3) is 10.2 Å². The highest BCUT2D eigenvalue weighted by molar-refractivity contribution is 7.86. The number of nitrogens with one attached hydrogen (secondary N) is 2. The smallest absolute Gasteiger partial charge is 0.282 e. The minimum Gasteiger partial charge on any atom is -0.355 e. The van der Waals surface area contributed by atoms with Gasteiger partial charge < -0.3 is 10.7 Å². The largest absolute Gasteiger partial charge is 0.355 e. The molecule has 3 aromatic carbocycles. The molecule has 8 heteroatoms. The average Bonchev–Trinajstić information content (AvgIpc) is 3.27. The summed E-state index contributed by atoms with van der Waals surface area (Å²) in [7, 11) is -3.49. The van der Waals surface area contributed by atoms with E-state index in [9.17, 15) is 12.8 Å². The Bertz CT molecular complexity index is 1440. The summed E-state index contributed by atoms with van der Waals surface area (Å²) in [5.74, 6) is 0.109. The summed E-state index contributed by atoms with van der Waals surface area (Å²) in [5, 5.41) is 11.4. The quantitative estimate of drug-likeness (QED) is 0.423. The number of hydrogen-bond donors (Lipinski definition) is 2. The molecule has 37 heavy (non-hydrogen) atoms. The highest BCUT2D eigenvalue weighted by Crippen LogP contribution is 2.70. The Balaban J connectivity index is 1.39. The summed E-state index contributed by atoms with van der Waals surface area (Å²) < 4.78 is 43.7. The van der Waals surface area contributed by atoms with Gasteiger partial charge in [-0.1, -0.05) is 30.3 Å². The van der Waals surface area contributed by atoms with E-state index in [-0.39, 0.29) is 23.1 Å². The fourth-order valence-electron chi connectivity index (χ4n) is 6.62. The SMILES string of the molecule is Cc1cc(Nc2ccc(F)cc2)c(C=N)cc1[C@@]12CN(S(=O)(=O)N3CCCC3)C[C@@H]1[C@H]2c1ccccc1. The lowest BCUT2D eigenvalue weighted by molar-refractivity contribution is 0.368. The maximum absolute atomic E-state index is 13.5. The van der Waals surface area contributed by atoms with Crippen molar-refractivity contribution in [3.8, 4) is 0 Å². The lowest BCUT2D eigenvalue weighted by atomic mass is 9.86. The van der Waals surface area contributed by atoms with E-state index in [1.165, 1.54) is 23.9 Å². The lowest BCUT2D eigenvalue weighted by Crippen LogP contribution is -2.43. The van der Waals surface area contributed by atoms with Crippen LogP contribution >= 0.6 is 0 Å². The molecule has 6 rings (SSSR count). The van der Waals surface area contributed by atoms with Crippen LogP contribution in [-0.4, -0.2) is 49.4 Å². The van der Waals surface area contributed by atoms with E-state index in [4.69, 9.17) is 5.41 Å². The summed E-state index contributed by atoms with van der Waals surface area (Å²) in [4.78, 5) is 0. The van der Waals surface area contributed by atoms with Gasteiger partial charge in [-0.25, -0.2) is 4.39 Å². The van der Waals surface area contributed by atoms with Crippen LogP contribution in [0.4, 0.5) is 15.8 Å². The molecule has 2 N–H and O–H groups in total. The number of hydrogen-bond acceptors (Lipinski definition) is 4. The Morgan fingerprint density at radius 1 is 1.03 bits per heavy atom. The van der Waals surface area contributed by atoms with Crippen molar-refractivity contribution in [3.05, 3.63) is 94.8 Å². The van der Waals surface area contributed by atoms with Crippen molar-refractivity contribution in [3.63, 3.8) is 0 Å². The van der Waals surface area contributed by atoms with Crippen LogP contribution in [0.15, 0.2) is 66.7 Å². The van der Waals surface area contributed by atoms with E-state index in [0.29, 0.717) is 26.2 Å². The first-order valence-corrected chi connectivity index (χ1v) is 14.2. The molecule has 0 aromatic heterocycles. The third-order valence-electron chi connectivity index (χ3n) is 8.40. The first kappa shape index (κ1) is 24.3. The van der Waals surface area contributed by atoms with Crippen molar-refractivity contribution in [2.24, 2.45) is 5.92 Å². The van der Waals surface area contributed by atoms with Crippen molar-refractivity contribution in [2.45, 2.75) is 31.1 Å². The van der Waals surface area contributed by atoms with E-state index in [1.54, 1.807) is 20.7 Å². The van der Waals surface area contributed by atoms with Crippen molar-refractivity contribution in [1.29, 1.82) is 5.41 Å². The number of nitrogens with zero attached hydrogens (tertiary/aromatic N) is 2. The van der Waals surface area contributed by atoms with Crippen LogP contribution in [0.2, 0.25) is 0 Å². The van der Waals surface area contributed by atoms with Crippen molar-refractivity contribution in [1.82, 2.24) is 8.61 Å². The van der Waals surface area contributed by atoms with Gasteiger partial charge in [0.15, 0.2) is 0 Å². The molecule has 0 unspecified atom stereocenters. The Morgan fingerprint density at radius 2 is 1.73 bits per heavy atom. The zero-order chi connectivity index (χ0) is 25.8. The molecular weight excluding hydrogens is 487 g/mol. The summed E-state index contributed by atoms with van der Waals surface area (Å²) >= 11 is 0. The second-order valence-corrected chi connectivity index (χ2v) is 12.4. The summed E-state index contributed by atoms with van der Waals surface area (Å²) in [5.41, 5.74) is 5.29. The van der Waals surface area contributed by atoms with Crippen LogP contribution in [0.1, 0.15) is 41.0 Å². The van der Waals surface area contributed by atoms with Gasteiger partial charge in [-0.2, -0.15) is 17.0 Å². The predicted molar refractivity (Wildman–Crippen MR) is 144 cm³/mol. The van der Waals surface area contributed by atoms with Crippen LogP contribution in [0.5, 0.6) is 0 Å². The van der Waals surface area contributed by atoms with Gasteiger partial charge in [-0.05, 0) is 78.8 Å². The Labute approximate surface area is 217 Å². The number of piperidine rings is 1. The van der Waals surface area contributed by atoms with Crippen LogP contribution < -0.4 is 5.32 Å². The molecule has 6 nitrogen and oxygen atoms in total. The highest BCUT2D eigenvalue weighted by Gasteiger charge is 2.71. The normalized spacial score (nSPS) is 25.7.